The zero-order chi connectivity index (χ0) is 15.5. The first-order valence-electron chi connectivity index (χ1n) is 6.27. The van der Waals surface area contributed by atoms with E-state index in [4.69, 9.17) is 34.8 Å². The van der Waals surface area contributed by atoms with E-state index in [-0.39, 0.29) is 0 Å². The van der Waals surface area contributed by atoms with E-state index >= 15 is 0 Å². The zero-order valence-electron chi connectivity index (χ0n) is 11.1. The molecule has 0 spiro atoms. The summed E-state index contributed by atoms with van der Waals surface area (Å²) in [6.07, 6.45) is 1.73. The van der Waals surface area contributed by atoms with Crippen molar-refractivity contribution in [1.82, 2.24) is 9.97 Å². The molecule has 22 heavy (non-hydrogen) atoms. The van der Waals surface area contributed by atoms with E-state index < -0.39 is 0 Å². The second-order valence-corrected chi connectivity index (χ2v) is 8.04. The SMILES string of the molecule is Clc1ccc(CSc2nccc(-c3cc(Cl)sc3Cl)n2)cc1. The van der Waals surface area contributed by atoms with E-state index in [1.165, 1.54) is 16.9 Å². The fourth-order valence-electron chi connectivity index (χ4n) is 1.80. The first-order valence-corrected chi connectivity index (χ1v) is 9.21. The smallest absolute Gasteiger partial charge is 0.188 e. The monoisotopic (exact) mass is 386 g/mol. The van der Waals surface area contributed by atoms with E-state index in [1.54, 1.807) is 18.0 Å². The Balaban J connectivity index is 1.76. The highest BCUT2D eigenvalue weighted by atomic mass is 35.5. The Hall–Kier alpha value is -0.780. The summed E-state index contributed by atoms with van der Waals surface area (Å²) in [6, 6.07) is 11.4. The van der Waals surface area contributed by atoms with Crippen LogP contribution in [0.4, 0.5) is 0 Å². The highest BCUT2D eigenvalue weighted by molar-refractivity contribution is 7.98. The number of thiophene rings is 1. The Morgan fingerprint density at radius 2 is 1.82 bits per heavy atom. The molecule has 7 heteroatoms. The lowest BCUT2D eigenvalue weighted by Crippen LogP contribution is -1.90. The van der Waals surface area contributed by atoms with Crippen LogP contribution in [0.1, 0.15) is 5.56 Å². The maximum atomic E-state index is 6.17. The molecule has 0 amide bonds. The van der Waals surface area contributed by atoms with Gasteiger partial charge in [0.25, 0.3) is 0 Å². The number of thioether (sulfide) groups is 1. The van der Waals surface area contributed by atoms with Crippen LogP contribution in [0.3, 0.4) is 0 Å². The Morgan fingerprint density at radius 3 is 2.50 bits per heavy atom. The number of hydrogen-bond acceptors (Lipinski definition) is 4. The molecule has 0 saturated heterocycles. The summed E-state index contributed by atoms with van der Waals surface area (Å²) in [5.74, 6) is 0.777. The van der Waals surface area contributed by atoms with Gasteiger partial charge in [0.2, 0.25) is 0 Å². The topological polar surface area (TPSA) is 25.8 Å². The third kappa shape index (κ3) is 3.94. The van der Waals surface area contributed by atoms with E-state index in [0.29, 0.717) is 13.8 Å². The van der Waals surface area contributed by atoms with Crippen LogP contribution in [-0.4, -0.2) is 9.97 Å². The first-order chi connectivity index (χ1) is 10.6. The molecule has 0 bridgehead atoms. The van der Waals surface area contributed by atoms with Crippen molar-refractivity contribution in [3.8, 4) is 11.3 Å². The normalized spacial score (nSPS) is 10.9. The predicted molar refractivity (Wildman–Crippen MR) is 96.4 cm³/mol. The summed E-state index contributed by atoms with van der Waals surface area (Å²) in [4.78, 5) is 8.83. The molecule has 112 valence electrons. The number of hydrogen-bond donors (Lipinski definition) is 0. The van der Waals surface area contributed by atoms with Gasteiger partial charge in [-0.3, -0.25) is 0 Å². The maximum absolute atomic E-state index is 6.17. The molecule has 0 aliphatic rings. The first kappa shape index (κ1) is 16.1. The summed E-state index contributed by atoms with van der Waals surface area (Å²) in [5, 5.41) is 1.43. The van der Waals surface area contributed by atoms with E-state index in [9.17, 15) is 0 Å². The summed E-state index contributed by atoms with van der Waals surface area (Å²) < 4.78 is 1.28. The molecule has 2 heterocycles. The predicted octanol–water partition coefficient (Wildman–Crippen LogP) is 6.46. The minimum Gasteiger partial charge on any atom is -0.231 e. The van der Waals surface area contributed by atoms with Gasteiger partial charge in [0.15, 0.2) is 5.16 Å². The quantitative estimate of drug-likeness (QED) is 0.379. The van der Waals surface area contributed by atoms with Gasteiger partial charge in [0.05, 0.1) is 10.0 Å². The van der Waals surface area contributed by atoms with Gasteiger partial charge in [-0.15, -0.1) is 11.3 Å². The average molecular weight is 388 g/mol. The number of aromatic nitrogens is 2. The standard InChI is InChI=1S/C15H9Cl3N2S2/c16-10-3-1-9(2-4-10)8-21-15-19-6-5-12(20-15)11-7-13(17)22-14(11)18/h1-7H,8H2. The van der Waals surface area contributed by atoms with Gasteiger partial charge >= 0.3 is 0 Å². The summed E-state index contributed by atoms with van der Waals surface area (Å²) in [6.45, 7) is 0. The minimum absolute atomic E-state index is 0.636. The van der Waals surface area contributed by atoms with Gasteiger partial charge in [-0.1, -0.05) is 58.7 Å². The second-order valence-electron chi connectivity index (χ2n) is 4.38. The fraction of sp³-hybridized carbons (Fsp3) is 0.0667. The number of nitrogens with zero attached hydrogens (tertiary/aromatic N) is 2. The Morgan fingerprint density at radius 1 is 1.05 bits per heavy atom. The highest BCUT2D eigenvalue weighted by Crippen LogP contribution is 2.37. The molecule has 0 unspecified atom stereocenters. The Kier molecular flexibility index (Phi) is 5.26. The molecule has 0 atom stereocenters. The number of rotatable bonds is 4. The molecule has 1 aromatic carbocycles. The van der Waals surface area contributed by atoms with Gasteiger partial charge in [0.1, 0.15) is 4.34 Å². The van der Waals surface area contributed by atoms with Gasteiger partial charge in [0, 0.05) is 22.5 Å². The molecule has 0 aliphatic carbocycles. The van der Waals surface area contributed by atoms with Crippen molar-refractivity contribution < 1.29 is 0 Å². The zero-order valence-corrected chi connectivity index (χ0v) is 15.0. The molecular weight excluding hydrogens is 379 g/mol. The van der Waals surface area contributed by atoms with Crippen LogP contribution in [-0.2, 0) is 5.75 Å². The van der Waals surface area contributed by atoms with E-state index in [0.717, 1.165) is 22.0 Å². The van der Waals surface area contributed by atoms with E-state index in [1.807, 2.05) is 36.4 Å². The molecule has 2 nitrogen and oxygen atoms in total. The van der Waals surface area contributed by atoms with Gasteiger partial charge in [-0.2, -0.15) is 0 Å². The lowest BCUT2D eigenvalue weighted by Gasteiger charge is -2.03. The molecule has 0 radical (unpaired) electrons. The maximum Gasteiger partial charge on any atom is 0.188 e. The van der Waals surface area contributed by atoms with Crippen molar-refractivity contribution in [2.75, 3.05) is 0 Å². The molecule has 0 saturated carbocycles. The summed E-state index contributed by atoms with van der Waals surface area (Å²) >= 11 is 20.9. The largest absolute Gasteiger partial charge is 0.231 e. The number of halogens is 3. The van der Waals surface area contributed by atoms with Gasteiger partial charge in [-0.25, -0.2) is 9.97 Å². The van der Waals surface area contributed by atoms with Crippen molar-refractivity contribution in [2.45, 2.75) is 10.9 Å². The lowest BCUT2D eigenvalue weighted by atomic mass is 10.2. The second kappa shape index (κ2) is 7.20. The van der Waals surface area contributed by atoms with Crippen LogP contribution in [0, 0.1) is 0 Å². The van der Waals surface area contributed by atoms with Crippen LogP contribution < -0.4 is 0 Å². The average Bonchev–Trinajstić information content (AvgIpc) is 2.86. The van der Waals surface area contributed by atoms with Crippen molar-refractivity contribution in [2.24, 2.45) is 0 Å². The Bertz CT molecular complexity index is 788. The molecule has 2 aromatic heterocycles. The number of benzene rings is 1. The molecular formula is C15H9Cl3N2S2. The third-order valence-electron chi connectivity index (χ3n) is 2.85. The summed E-state index contributed by atoms with van der Waals surface area (Å²) in [7, 11) is 0. The van der Waals surface area contributed by atoms with Gasteiger partial charge in [-0.05, 0) is 29.8 Å². The van der Waals surface area contributed by atoms with Crippen LogP contribution in [0.5, 0.6) is 0 Å². The van der Waals surface area contributed by atoms with Crippen molar-refractivity contribution in [1.29, 1.82) is 0 Å². The van der Waals surface area contributed by atoms with Crippen LogP contribution in [0.25, 0.3) is 11.3 Å². The molecule has 3 aromatic rings. The Labute approximate surface area is 151 Å². The van der Waals surface area contributed by atoms with Gasteiger partial charge < -0.3 is 0 Å². The lowest BCUT2D eigenvalue weighted by molar-refractivity contribution is 0.973. The van der Waals surface area contributed by atoms with Crippen LogP contribution in [0.15, 0.2) is 47.8 Å². The van der Waals surface area contributed by atoms with Crippen molar-refractivity contribution in [3.05, 3.63) is 61.9 Å². The molecule has 0 fully saturated rings. The van der Waals surface area contributed by atoms with E-state index in [2.05, 4.69) is 9.97 Å². The van der Waals surface area contributed by atoms with Crippen molar-refractivity contribution >= 4 is 57.9 Å². The van der Waals surface area contributed by atoms with Crippen LogP contribution in [0.2, 0.25) is 13.7 Å². The molecule has 0 N–H and O–H groups in total. The summed E-state index contributed by atoms with van der Waals surface area (Å²) in [5.41, 5.74) is 2.79. The van der Waals surface area contributed by atoms with Crippen molar-refractivity contribution in [3.63, 3.8) is 0 Å². The van der Waals surface area contributed by atoms with Crippen LogP contribution >= 0.6 is 57.9 Å². The third-order valence-corrected chi connectivity index (χ3v) is 5.52. The minimum atomic E-state index is 0.636. The molecule has 3 rings (SSSR count). The highest BCUT2D eigenvalue weighted by Gasteiger charge is 2.11. The molecule has 0 aliphatic heterocycles. The fourth-order valence-corrected chi connectivity index (χ4v) is 4.20.